The van der Waals surface area contributed by atoms with Gasteiger partial charge in [-0.25, -0.2) is 13.2 Å². The zero-order chi connectivity index (χ0) is 21.6. The number of anilines is 3. The van der Waals surface area contributed by atoms with Crippen molar-refractivity contribution in [3.63, 3.8) is 0 Å². The molecule has 3 rings (SSSR count). The average molecular weight is 407 g/mol. The first-order valence-electron chi connectivity index (χ1n) is 9.11. The Labute approximate surface area is 167 Å². The fourth-order valence-electron chi connectivity index (χ4n) is 2.48. The third-order valence-corrected chi connectivity index (χ3v) is 3.82. The monoisotopic (exact) mass is 407 g/mol. The maximum absolute atomic E-state index is 14.3. The van der Waals surface area contributed by atoms with Crippen LogP contribution in [0.5, 0.6) is 5.75 Å². The highest BCUT2D eigenvalue weighted by Gasteiger charge is 2.16. The summed E-state index contributed by atoms with van der Waals surface area (Å²) in [7, 11) is 0. The van der Waals surface area contributed by atoms with Gasteiger partial charge in [0.05, 0.1) is 11.4 Å². The number of hydrogen-bond donors (Lipinski definition) is 3. The minimum absolute atomic E-state index is 0.00960. The maximum Gasteiger partial charge on any atom is 0.190 e. The van der Waals surface area contributed by atoms with Gasteiger partial charge in [0.1, 0.15) is 23.0 Å². The van der Waals surface area contributed by atoms with Crippen LogP contribution in [-0.2, 0) is 0 Å². The molecule has 8 heteroatoms. The van der Waals surface area contributed by atoms with Crippen molar-refractivity contribution in [2.75, 3.05) is 10.7 Å². The van der Waals surface area contributed by atoms with Gasteiger partial charge in [-0.1, -0.05) is 25.5 Å². The van der Waals surface area contributed by atoms with Crippen LogP contribution in [0.3, 0.4) is 0 Å². The fraction of sp³-hybridized carbons (Fsp3) is 0.238. The van der Waals surface area contributed by atoms with Crippen LogP contribution >= 0.6 is 0 Å². The van der Waals surface area contributed by atoms with Gasteiger partial charge in [0, 0.05) is 6.07 Å². The molecule has 0 spiro atoms. The second kappa shape index (κ2) is 9.88. The van der Waals surface area contributed by atoms with E-state index >= 15 is 0 Å². The smallest absolute Gasteiger partial charge is 0.190 e. The van der Waals surface area contributed by atoms with Crippen molar-refractivity contribution in [2.24, 2.45) is 0 Å². The van der Waals surface area contributed by atoms with Crippen molar-refractivity contribution >= 4 is 17.1 Å². The Morgan fingerprint density at radius 1 is 0.862 bits per heavy atom. The molecule has 0 unspecified atom stereocenters. The van der Waals surface area contributed by atoms with E-state index in [1.165, 1.54) is 18.2 Å². The Bertz CT molecular complexity index is 974. The van der Waals surface area contributed by atoms with E-state index < -0.39 is 17.5 Å². The van der Waals surface area contributed by atoms with E-state index in [9.17, 15) is 13.2 Å². The lowest BCUT2D eigenvalue weighted by molar-refractivity contribution is 0.217. The van der Waals surface area contributed by atoms with Crippen LogP contribution in [0.1, 0.15) is 30.9 Å². The Balaban J connectivity index is 0.00000145. The topological polar surface area (TPSA) is 58.5 Å². The van der Waals surface area contributed by atoms with Gasteiger partial charge in [-0.15, -0.1) is 0 Å². The third-order valence-electron chi connectivity index (χ3n) is 3.82. The van der Waals surface area contributed by atoms with Gasteiger partial charge in [-0.3, -0.25) is 5.43 Å². The quantitative estimate of drug-likeness (QED) is 0.419. The number of halogens is 3. The molecule has 2 aromatic carbocycles. The molecule has 3 N–H and O–H groups in total. The highest BCUT2D eigenvalue weighted by molar-refractivity contribution is 5.75. The van der Waals surface area contributed by atoms with Crippen molar-refractivity contribution in [3.8, 4) is 5.75 Å². The summed E-state index contributed by atoms with van der Waals surface area (Å²) in [6, 6.07) is 8.29. The summed E-state index contributed by atoms with van der Waals surface area (Å²) in [4.78, 5) is 5.30. The van der Waals surface area contributed by atoms with Crippen LogP contribution in [0, 0.1) is 38.2 Å². The van der Waals surface area contributed by atoms with Crippen LogP contribution in [-0.4, -0.2) is 0 Å². The van der Waals surface area contributed by atoms with E-state index in [4.69, 9.17) is 9.25 Å². The first kappa shape index (κ1) is 22.2. The molecule has 0 radical (unpaired) electrons. The van der Waals surface area contributed by atoms with Crippen molar-refractivity contribution < 1.29 is 22.4 Å². The van der Waals surface area contributed by atoms with Crippen molar-refractivity contribution in [3.05, 3.63) is 70.9 Å². The van der Waals surface area contributed by atoms with E-state index in [-0.39, 0.29) is 17.1 Å². The fourth-order valence-corrected chi connectivity index (χ4v) is 2.48. The molecule has 0 atom stereocenters. The number of hydrogen-bond acceptors (Lipinski definition) is 5. The summed E-state index contributed by atoms with van der Waals surface area (Å²) in [5, 5.41) is 2.57. The summed E-state index contributed by atoms with van der Waals surface area (Å²) in [6.07, 6.45) is 0. The molecule has 0 saturated heterocycles. The Hall–Kier alpha value is -3.13. The summed E-state index contributed by atoms with van der Waals surface area (Å²) >= 11 is 0. The maximum atomic E-state index is 14.3. The van der Waals surface area contributed by atoms with Gasteiger partial charge in [-0.2, -0.15) is 0 Å². The summed E-state index contributed by atoms with van der Waals surface area (Å²) in [5.74, 6) is -1.17. The largest absolute Gasteiger partial charge is 0.463 e. The van der Waals surface area contributed by atoms with Crippen molar-refractivity contribution in [2.45, 2.75) is 34.6 Å². The van der Waals surface area contributed by atoms with E-state index in [1.54, 1.807) is 32.9 Å². The van der Waals surface area contributed by atoms with Crippen LogP contribution in [0.25, 0.3) is 0 Å². The lowest BCUT2D eigenvalue weighted by Crippen LogP contribution is -2.26. The summed E-state index contributed by atoms with van der Waals surface area (Å²) in [5.41, 5.74) is 5.61. The van der Waals surface area contributed by atoms with E-state index in [2.05, 4.69) is 16.3 Å². The number of benzene rings is 2. The molecule has 0 aliphatic heterocycles. The average Bonchev–Trinajstić information content (AvgIpc) is 3.01. The predicted molar refractivity (Wildman–Crippen MR) is 108 cm³/mol. The molecule has 0 saturated carbocycles. The second-order valence-electron chi connectivity index (χ2n) is 6.00. The molecule has 0 fully saturated rings. The van der Waals surface area contributed by atoms with E-state index in [1.807, 2.05) is 13.8 Å². The number of aryl methyl sites for hydroxylation is 3. The highest BCUT2D eigenvalue weighted by atomic mass is 19.2. The van der Waals surface area contributed by atoms with Crippen LogP contribution in [0.4, 0.5) is 30.2 Å². The zero-order valence-corrected chi connectivity index (χ0v) is 16.9. The van der Waals surface area contributed by atoms with Crippen molar-refractivity contribution in [1.82, 2.24) is 5.59 Å². The van der Waals surface area contributed by atoms with Gasteiger partial charge in [0.25, 0.3) is 0 Å². The van der Waals surface area contributed by atoms with E-state index in [0.717, 1.165) is 6.07 Å². The number of hydrazine groups is 1. The molecular formula is C21H24F3N3O2. The molecule has 29 heavy (non-hydrogen) atoms. The number of rotatable bonds is 6. The van der Waals surface area contributed by atoms with Crippen LogP contribution in [0.15, 0.2) is 40.8 Å². The van der Waals surface area contributed by atoms with E-state index in [0.29, 0.717) is 22.8 Å². The molecule has 5 nitrogen and oxygen atoms in total. The Morgan fingerprint density at radius 3 is 2.17 bits per heavy atom. The molecule has 0 aliphatic carbocycles. The minimum atomic E-state index is -1.16. The van der Waals surface area contributed by atoms with Gasteiger partial charge in [-0.05, 0) is 50.6 Å². The minimum Gasteiger partial charge on any atom is -0.463 e. The van der Waals surface area contributed by atoms with Gasteiger partial charge in [0.15, 0.2) is 17.4 Å². The third kappa shape index (κ3) is 5.45. The van der Waals surface area contributed by atoms with Crippen molar-refractivity contribution in [1.29, 1.82) is 0 Å². The number of nitrogens with one attached hydrogen (secondary N) is 3. The molecule has 3 aromatic rings. The summed E-state index contributed by atoms with van der Waals surface area (Å²) in [6.45, 7) is 9.21. The normalized spacial score (nSPS) is 10.2. The van der Waals surface area contributed by atoms with Gasteiger partial charge < -0.3 is 14.6 Å². The number of furan rings is 1. The lowest BCUT2D eigenvalue weighted by Gasteiger charge is -2.16. The first-order valence-corrected chi connectivity index (χ1v) is 9.11. The summed E-state index contributed by atoms with van der Waals surface area (Å²) < 4.78 is 47.4. The molecule has 1 aromatic heterocycles. The molecule has 0 bridgehead atoms. The molecule has 0 aliphatic rings. The predicted octanol–water partition coefficient (Wildman–Crippen LogP) is 6.30. The van der Waals surface area contributed by atoms with Gasteiger partial charge >= 0.3 is 0 Å². The molecular weight excluding hydrogens is 383 g/mol. The Morgan fingerprint density at radius 2 is 1.55 bits per heavy atom. The van der Waals surface area contributed by atoms with Crippen LogP contribution in [0.2, 0.25) is 0 Å². The van der Waals surface area contributed by atoms with Gasteiger partial charge in [0.2, 0.25) is 0 Å². The highest BCUT2D eigenvalue weighted by Crippen LogP contribution is 2.31. The standard InChI is InChI=1S/C19H18F3N3O2.C2H6/c1-10-4-6-15(14(21)8-10)23-19-16(7-5-13(20)18(19)22)24-25-27-17-9-11(2)26-12(17)3;1-2/h4-9,23-25H,1-3H3;1-2H3. The first-order chi connectivity index (χ1) is 13.8. The molecule has 156 valence electrons. The van der Waals surface area contributed by atoms with Crippen LogP contribution < -0.4 is 21.2 Å². The second-order valence-corrected chi connectivity index (χ2v) is 6.00. The molecule has 0 amide bonds. The lowest BCUT2D eigenvalue weighted by atomic mass is 10.2. The Kier molecular flexibility index (Phi) is 7.55. The zero-order valence-electron chi connectivity index (χ0n) is 16.9. The molecule has 1 heterocycles. The SMILES string of the molecule is CC.Cc1ccc(Nc2c(NNOc3cc(C)oc3C)ccc(F)c2F)c(F)c1.